The molecule has 1 amide bonds. The van der Waals surface area contributed by atoms with Crippen LogP contribution in [-0.4, -0.2) is 36.5 Å². The Morgan fingerprint density at radius 2 is 2.27 bits per heavy atom. The Bertz CT molecular complexity index is 198. The Balaban J connectivity index is 2.40. The van der Waals surface area contributed by atoms with Crippen LogP contribution in [0.3, 0.4) is 0 Å². The SMILES string of the molecule is CCCN(C(=O)CC1CCNC1)C(C)C. The van der Waals surface area contributed by atoms with E-state index in [0.717, 1.165) is 38.9 Å². The highest BCUT2D eigenvalue weighted by Gasteiger charge is 2.22. The maximum absolute atomic E-state index is 12.0. The van der Waals surface area contributed by atoms with Gasteiger partial charge in [0.2, 0.25) is 5.91 Å². The smallest absolute Gasteiger partial charge is 0.223 e. The van der Waals surface area contributed by atoms with Crippen LogP contribution in [0.25, 0.3) is 0 Å². The van der Waals surface area contributed by atoms with E-state index in [1.54, 1.807) is 0 Å². The van der Waals surface area contributed by atoms with Gasteiger partial charge in [-0.15, -0.1) is 0 Å². The average molecular weight is 212 g/mol. The fraction of sp³-hybridized carbons (Fsp3) is 0.917. The molecule has 0 bridgehead atoms. The number of nitrogens with one attached hydrogen (secondary N) is 1. The summed E-state index contributed by atoms with van der Waals surface area (Å²) in [4.78, 5) is 14.0. The minimum atomic E-state index is 0.334. The van der Waals surface area contributed by atoms with E-state index in [9.17, 15) is 4.79 Å². The molecule has 1 saturated heterocycles. The Kier molecular flexibility index (Phi) is 5.09. The third kappa shape index (κ3) is 3.82. The van der Waals surface area contributed by atoms with Gasteiger partial charge in [-0.05, 0) is 45.7 Å². The van der Waals surface area contributed by atoms with Crippen LogP contribution in [0.5, 0.6) is 0 Å². The largest absolute Gasteiger partial charge is 0.340 e. The molecule has 1 heterocycles. The molecule has 0 aromatic heterocycles. The predicted octanol–water partition coefficient (Wildman–Crippen LogP) is 1.63. The molecular formula is C12H24N2O. The third-order valence-corrected chi connectivity index (χ3v) is 3.03. The van der Waals surface area contributed by atoms with E-state index in [1.165, 1.54) is 0 Å². The first kappa shape index (κ1) is 12.5. The second-order valence-electron chi connectivity index (χ2n) is 4.74. The minimum Gasteiger partial charge on any atom is -0.340 e. The van der Waals surface area contributed by atoms with Crippen LogP contribution in [0.15, 0.2) is 0 Å². The molecule has 1 fully saturated rings. The number of rotatable bonds is 5. The highest BCUT2D eigenvalue weighted by molar-refractivity contribution is 5.76. The van der Waals surface area contributed by atoms with Crippen molar-refractivity contribution in [2.75, 3.05) is 19.6 Å². The summed E-state index contributed by atoms with van der Waals surface area (Å²) in [5.41, 5.74) is 0. The first-order valence-electron chi connectivity index (χ1n) is 6.15. The monoisotopic (exact) mass is 212 g/mol. The molecule has 15 heavy (non-hydrogen) atoms. The van der Waals surface area contributed by atoms with Crippen molar-refractivity contribution in [1.29, 1.82) is 0 Å². The zero-order valence-corrected chi connectivity index (χ0v) is 10.3. The van der Waals surface area contributed by atoms with E-state index in [0.29, 0.717) is 17.9 Å². The molecule has 1 aliphatic heterocycles. The fourth-order valence-electron chi connectivity index (χ4n) is 2.16. The molecule has 88 valence electrons. The van der Waals surface area contributed by atoms with Crippen molar-refractivity contribution in [2.24, 2.45) is 5.92 Å². The molecule has 0 aromatic rings. The summed E-state index contributed by atoms with van der Waals surface area (Å²) < 4.78 is 0. The van der Waals surface area contributed by atoms with Crippen LogP contribution in [-0.2, 0) is 4.79 Å². The van der Waals surface area contributed by atoms with Crippen molar-refractivity contribution < 1.29 is 4.79 Å². The molecular weight excluding hydrogens is 188 g/mol. The van der Waals surface area contributed by atoms with E-state index in [4.69, 9.17) is 0 Å². The normalized spacial score (nSPS) is 20.9. The van der Waals surface area contributed by atoms with Gasteiger partial charge in [0.1, 0.15) is 0 Å². The van der Waals surface area contributed by atoms with Gasteiger partial charge in [-0.3, -0.25) is 4.79 Å². The van der Waals surface area contributed by atoms with Crippen LogP contribution in [0.1, 0.15) is 40.0 Å². The number of amides is 1. The first-order valence-corrected chi connectivity index (χ1v) is 6.15. The van der Waals surface area contributed by atoms with Gasteiger partial charge in [0.05, 0.1) is 0 Å². The second kappa shape index (κ2) is 6.11. The summed E-state index contributed by atoms with van der Waals surface area (Å²) in [7, 11) is 0. The zero-order chi connectivity index (χ0) is 11.3. The lowest BCUT2D eigenvalue weighted by atomic mass is 10.0. The molecule has 0 aliphatic carbocycles. The van der Waals surface area contributed by atoms with Crippen molar-refractivity contribution in [3.8, 4) is 0 Å². The number of nitrogens with zero attached hydrogens (tertiary/aromatic N) is 1. The Morgan fingerprint density at radius 1 is 1.53 bits per heavy atom. The molecule has 0 saturated carbocycles. The average Bonchev–Trinajstić information content (AvgIpc) is 2.65. The van der Waals surface area contributed by atoms with Gasteiger partial charge >= 0.3 is 0 Å². The van der Waals surface area contributed by atoms with Crippen molar-refractivity contribution in [3.63, 3.8) is 0 Å². The number of hydrogen-bond donors (Lipinski definition) is 1. The van der Waals surface area contributed by atoms with Crippen LogP contribution in [0.2, 0.25) is 0 Å². The van der Waals surface area contributed by atoms with Crippen LogP contribution in [0.4, 0.5) is 0 Å². The molecule has 1 atom stereocenters. The third-order valence-electron chi connectivity index (χ3n) is 3.03. The maximum Gasteiger partial charge on any atom is 0.223 e. The van der Waals surface area contributed by atoms with Crippen LogP contribution in [0, 0.1) is 5.92 Å². The molecule has 1 N–H and O–H groups in total. The van der Waals surface area contributed by atoms with E-state index in [2.05, 4.69) is 26.1 Å². The van der Waals surface area contributed by atoms with E-state index < -0.39 is 0 Å². The Labute approximate surface area is 93.2 Å². The number of carbonyl (C=O) groups is 1. The molecule has 3 nitrogen and oxygen atoms in total. The molecule has 0 radical (unpaired) electrons. The molecule has 0 aromatic carbocycles. The maximum atomic E-state index is 12.0. The summed E-state index contributed by atoms with van der Waals surface area (Å²) in [6, 6.07) is 0.340. The van der Waals surface area contributed by atoms with Crippen molar-refractivity contribution in [3.05, 3.63) is 0 Å². The van der Waals surface area contributed by atoms with Gasteiger partial charge in [0.15, 0.2) is 0 Å². The van der Waals surface area contributed by atoms with Crippen molar-refractivity contribution in [1.82, 2.24) is 10.2 Å². The summed E-state index contributed by atoms with van der Waals surface area (Å²) in [5, 5.41) is 3.31. The van der Waals surface area contributed by atoms with Gasteiger partial charge in [-0.1, -0.05) is 6.92 Å². The second-order valence-corrected chi connectivity index (χ2v) is 4.74. The lowest BCUT2D eigenvalue weighted by Gasteiger charge is -2.27. The summed E-state index contributed by atoms with van der Waals surface area (Å²) in [6.45, 7) is 9.31. The molecule has 1 aliphatic rings. The fourth-order valence-corrected chi connectivity index (χ4v) is 2.16. The quantitative estimate of drug-likeness (QED) is 0.751. The molecule has 1 rings (SSSR count). The summed E-state index contributed by atoms with van der Waals surface area (Å²) in [6.07, 6.45) is 2.93. The highest BCUT2D eigenvalue weighted by atomic mass is 16.2. The van der Waals surface area contributed by atoms with Gasteiger partial charge < -0.3 is 10.2 Å². The van der Waals surface area contributed by atoms with E-state index in [1.807, 2.05) is 4.90 Å². The van der Waals surface area contributed by atoms with Crippen LogP contribution < -0.4 is 5.32 Å². The summed E-state index contributed by atoms with van der Waals surface area (Å²) >= 11 is 0. The topological polar surface area (TPSA) is 32.3 Å². The molecule has 3 heteroatoms. The minimum absolute atomic E-state index is 0.334. The van der Waals surface area contributed by atoms with Crippen molar-refractivity contribution in [2.45, 2.75) is 46.1 Å². The molecule has 0 spiro atoms. The van der Waals surface area contributed by atoms with Gasteiger partial charge in [0, 0.05) is 19.0 Å². The van der Waals surface area contributed by atoms with Crippen LogP contribution >= 0.6 is 0 Å². The standard InChI is InChI=1S/C12H24N2O/c1-4-7-14(10(2)3)12(15)8-11-5-6-13-9-11/h10-11,13H,4-9H2,1-3H3. The van der Waals surface area contributed by atoms with E-state index >= 15 is 0 Å². The predicted molar refractivity (Wildman–Crippen MR) is 62.7 cm³/mol. The van der Waals surface area contributed by atoms with Crippen molar-refractivity contribution >= 4 is 5.91 Å². The van der Waals surface area contributed by atoms with Gasteiger partial charge in [0.25, 0.3) is 0 Å². The van der Waals surface area contributed by atoms with Gasteiger partial charge in [-0.25, -0.2) is 0 Å². The Morgan fingerprint density at radius 3 is 2.73 bits per heavy atom. The first-order chi connectivity index (χ1) is 7.15. The van der Waals surface area contributed by atoms with Gasteiger partial charge in [-0.2, -0.15) is 0 Å². The number of carbonyl (C=O) groups excluding carboxylic acids is 1. The zero-order valence-electron chi connectivity index (χ0n) is 10.3. The number of hydrogen-bond acceptors (Lipinski definition) is 2. The summed E-state index contributed by atoms with van der Waals surface area (Å²) in [5.74, 6) is 0.899. The highest BCUT2D eigenvalue weighted by Crippen LogP contribution is 2.15. The lowest BCUT2D eigenvalue weighted by molar-refractivity contribution is -0.133. The van der Waals surface area contributed by atoms with E-state index in [-0.39, 0.29) is 0 Å². The lowest BCUT2D eigenvalue weighted by Crippen LogP contribution is -2.38. The molecule has 1 unspecified atom stereocenters. The Hall–Kier alpha value is -0.570.